The van der Waals surface area contributed by atoms with Crippen LogP contribution in [0, 0.1) is 25.2 Å². The van der Waals surface area contributed by atoms with E-state index >= 15 is 0 Å². The summed E-state index contributed by atoms with van der Waals surface area (Å²) in [5.41, 5.74) is 7.57. The van der Waals surface area contributed by atoms with Crippen molar-refractivity contribution in [1.82, 2.24) is 10.2 Å². The van der Waals surface area contributed by atoms with Crippen molar-refractivity contribution in [2.75, 3.05) is 10.5 Å². The number of benzene rings is 1. The van der Waals surface area contributed by atoms with Crippen molar-refractivity contribution < 1.29 is 8.42 Å². The van der Waals surface area contributed by atoms with E-state index in [1.807, 2.05) is 6.07 Å². The van der Waals surface area contributed by atoms with Gasteiger partial charge in [0.25, 0.3) is 10.0 Å². The number of aryl methyl sites for hydroxylation is 2. The number of aromatic nitrogens is 2. The average Bonchev–Trinajstić information content (AvgIpc) is 2.69. The molecule has 0 saturated carbocycles. The van der Waals surface area contributed by atoms with Crippen LogP contribution in [0.5, 0.6) is 0 Å². The minimum Gasteiger partial charge on any atom is -0.398 e. The lowest BCUT2D eigenvalue weighted by molar-refractivity contribution is 0.601. The minimum absolute atomic E-state index is 0.0235. The van der Waals surface area contributed by atoms with Crippen LogP contribution in [0.3, 0.4) is 0 Å². The van der Waals surface area contributed by atoms with E-state index in [1.54, 1.807) is 13.8 Å². The molecule has 7 nitrogen and oxygen atoms in total. The zero-order valence-corrected chi connectivity index (χ0v) is 11.7. The number of nitrogens with zero attached hydrogens (tertiary/aromatic N) is 2. The second kappa shape index (κ2) is 4.86. The van der Waals surface area contributed by atoms with Gasteiger partial charge in [-0.1, -0.05) is 0 Å². The number of H-pyrrole nitrogens is 1. The van der Waals surface area contributed by atoms with Gasteiger partial charge in [0.1, 0.15) is 4.90 Å². The Morgan fingerprint density at radius 2 is 2.10 bits per heavy atom. The number of rotatable bonds is 3. The van der Waals surface area contributed by atoms with Crippen LogP contribution in [-0.4, -0.2) is 18.6 Å². The molecule has 1 aromatic carbocycles. The van der Waals surface area contributed by atoms with Crippen LogP contribution in [0.2, 0.25) is 0 Å². The lowest BCUT2D eigenvalue weighted by Gasteiger charge is -2.10. The molecular formula is C12H13N5O2S. The molecule has 0 unspecified atom stereocenters. The first-order chi connectivity index (χ1) is 9.35. The van der Waals surface area contributed by atoms with E-state index in [0.717, 1.165) is 0 Å². The molecule has 0 saturated heterocycles. The molecule has 1 aromatic heterocycles. The third kappa shape index (κ3) is 2.44. The van der Waals surface area contributed by atoms with Gasteiger partial charge in [0.15, 0.2) is 0 Å². The number of nitrogens with two attached hydrogens (primary N) is 1. The number of anilines is 2. The molecule has 2 rings (SSSR count). The highest BCUT2D eigenvalue weighted by Gasteiger charge is 2.20. The zero-order valence-electron chi connectivity index (χ0n) is 10.9. The summed E-state index contributed by atoms with van der Waals surface area (Å²) >= 11 is 0. The highest BCUT2D eigenvalue weighted by atomic mass is 32.2. The standard InChI is InChI=1S/C12H13N5O2S/c1-7-12(8(2)16-15-7)17-20(18,19)11-4-3-9(6-13)5-10(11)14/h3-5,17H,14H2,1-2H3,(H,15,16). The molecule has 0 amide bonds. The van der Waals surface area contributed by atoms with Gasteiger partial charge < -0.3 is 5.73 Å². The van der Waals surface area contributed by atoms with Gasteiger partial charge in [0.05, 0.1) is 34.4 Å². The molecule has 0 aliphatic carbocycles. The molecule has 0 atom stereocenters. The Labute approximate surface area is 116 Å². The van der Waals surface area contributed by atoms with Crippen molar-refractivity contribution in [3.05, 3.63) is 35.2 Å². The summed E-state index contributed by atoms with van der Waals surface area (Å²) in [5.74, 6) is 0. The predicted molar refractivity (Wildman–Crippen MR) is 74.4 cm³/mol. The fourth-order valence-corrected chi connectivity index (χ4v) is 3.05. The SMILES string of the molecule is Cc1n[nH]c(C)c1NS(=O)(=O)c1ccc(C#N)cc1N. The molecular weight excluding hydrogens is 278 g/mol. The summed E-state index contributed by atoms with van der Waals surface area (Å²) < 4.78 is 27.1. The van der Waals surface area contributed by atoms with Crippen molar-refractivity contribution in [2.24, 2.45) is 0 Å². The monoisotopic (exact) mass is 291 g/mol. The van der Waals surface area contributed by atoms with E-state index in [2.05, 4.69) is 14.9 Å². The van der Waals surface area contributed by atoms with E-state index < -0.39 is 10.0 Å². The van der Waals surface area contributed by atoms with Crippen molar-refractivity contribution in [3.8, 4) is 6.07 Å². The number of hydrogen-bond donors (Lipinski definition) is 3. The Kier molecular flexibility index (Phi) is 3.38. The summed E-state index contributed by atoms with van der Waals surface area (Å²) in [5, 5.41) is 15.4. The van der Waals surface area contributed by atoms with Crippen LogP contribution < -0.4 is 10.5 Å². The lowest BCUT2D eigenvalue weighted by Crippen LogP contribution is -2.15. The first-order valence-corrected chi connectivity index (χ1v) is 7.17. The topological polar surface area (TPSA) is 125 Å². The van der Waals surface area contributed by atoms with Crippen LogP contribution in [0.15, 0.2) is 23.1 Å². The van der Waals surface area contributed by atoms with Gasteiger partial charge in [-0.25, -0.2) is 8.42 Å². The van der Waals surface area contributed by atoms with E-state index in [1.165, 1.54) is 18.2 Å². The molecule has 8 heteroatoms. The van der Waals surface area contributed by atoms with E-state index in [0.29, 0.717) is 22.6 Å². The van der Waals surface area contributed by atoms with Crippen molar-refractivity contribution in [1.29, 1.82) is 5.26 Å². The Morgan fingerprint density at radius 3 is 2.60 bits per heavy atom. The third-order valence-electron chi connectivity index (χ3n) is 2.79. The molecule has 4 N–H and O–H groups in total. The summed E-state index contributed by atoms with van der Waals surface area (Å²) in [6.07, 6.45) is 0. The molecule has 0 fully saturated rings. The van der Waals surface area contributed by atoms with Crippen molar-refractivity contribution >= 4 is 21.4 Å². The lowest BCUT2D eigenvalue weighted by atomic mass is 10.2. The maximum absolute atomic E-state index is 12.3. The Hall–Kier alpha value is -2.53. The van der Waals surface area contributed by atoms with Crippen LogP contribution in [0.25, 0.3) is 0 Å². The molecule has 0 bridgehead atoms. The number of hydrogen-bond acceptors (Lipinski definition) is 5. The van der Waals surface area contributed by atoms with Gasteiger partial charge in [-0.05, 0) is 32.0 Å². The second-order valence-electron chi connectivity index (χ2n) is 4.28. The molecule has 0 radical (unpaired) electrons. The van der Waals surface area contributed by atoms with Gasteiger partial charge in [-0.15, -0.1) is 0 Å². The number of nitriles is 1. The minimum atomic E-state index is -3.83. The third-order valence-corrected chi connectivity index (χ3v) is 4.22. The maximum atomic E-state index is 12.3. The number of nitrogen functional groups attached to an aromatic ring is 1. The molecule has 1 heterocycles. The molecule has 2 aromatic rings. The normalized spacial score (nSPS) is 11.1. The summed E-state index contributed by atoms with van der Waals surface area (Å²) in [6.45, 7) is 3.39. The number of aromatic amines is 1. The first-order valence-electron chi connectivity index (χ1n) is 5.69. The van der Waals surface area contributed by atoms with Gasteiger partial charge in [0.2, 0.25) is 0 Å². The maximum Gasteiger partial charge on any atom is 0.264 e. The first kappa shape index (κ1) is 13.9. The van der Waals surface area contributed by atoms with Crippen molar-refractivity contribution in [2.45, 2.75) is 18.7 Å². The number of sulfonamides is 1. The van der Waals surface area contributed by atoms with Gasteiger partial charge in [-0.3, -0.25) is 9.82 Å². The Bertz CT molecular complexity index is 782. The smallest absolute Gasteiger partial charge is 0.264 e. The summed E-state index contributed by atoms with van der Waals surface area (Å²) in [4.78, 5) is -0.0727. The summed E-state index contributed by atoms with van der Waals surface area (Å²) in [6, 6.07) is 5.93. The molecule has 0 aliphatic heterocycles. The fraction of sp³-hybridized carbons (Fsp3) is 0.167. The molecule has 20 heavy (non-hydrogen) atoms. The van der Waals surface area contributed by atoms with Crippen LogP contribution in [-0.2, 0) is 10.0 Å². The van der Waals surface area contributed by atoms with Gasteiger partial charge in [-0.2, -0.15) is 10.4 Å². The average molecular weight is 291 g/mol. The van der Waals surface area contributed by atoms with Crippen LogP contribution in [0.4, 0.5) is 11.4 Å². The van der Waals surface area contributed by atoms with Crippen LogP contribution in [0.1, 0.15) is 17.0 Å². The highest BCUT2D eigenvalue weighted by molar-refractivity contribution is 7.92. The van der Waals surface area contributed by atoms with Gasteiger partial charge in [0, 0.05) is 0 Å². The van der Waals surface area contributed by atoms with Crippen molar-refractivity contribution in [3.63, 3.8) is 0 Å². The zero-order chi connectivity index (χ0) is 14.9. The quantitative estimate of drug-likeness (QED) is 0.735. The highest BCUT2D eigenvalue weighted by Crippen LogP contribution is 2.25. The Balaban J connectivity index is 2.44. The largest absolute Gasteiger partial charge is 0.398 e. The Morgan fingerprint density at radius 1 is 1.40 bits per heavy atom. The number of nitrogens with one attached hydrogen (secondary N) is 2. The van der Waals surface area contributed by atoms with E-state index in [4.69, 9.17) is 11.0 Å². The van der Waals surface area contributed by atoms with E-state index in [9.17, 15) is 8.42 Å². The molecule has 104 valence electrons. The predicted octanol–water partition coefficient (Wildman–Crippen LogP) is 1.28. The molecule has 0 aliphatic rings. The summed E-state index contributed by atoms with van der Waals surface area (Å²) in [7, 11) is -3.83. The molecule has 0 spiro atoms. The van der Waals surface area contributed by atoms with E-state index in [-0.39, 0.29) is 10.6 Å². The van der Waals surface area contributed by atoms with Crippen LogP contribution >= 0.6 is 0 Å². The van der Waals surface area contributed by atoms with Gasteiger partial charge >= 0.3 is 0 Å². The fourth-order valence-electron chi connectivity index (χ4n) is 1.75. The second-order valence-corrected chi connectivity index (χ2v) is 5.93.